The molecule has 1 fully saturated rings. The quantitative estimate of drug-likeness (QED) is 0.515. The lowest BCUT2D eigenvalue weighted by atomic mass is 9.96. The van der Waals surface area contributed by atoms with Gasteiger partial charge in [0.1, 0.15) is 0 Å². The molecule has 2 aromatic carbocycles. The molecule has 1 heterocycles. The summed E-state index contributed by atoms with van der Waals surface area (Å²) < 4.78 is 24.7. The molecule has 1 aliphatic heterocycles. The van der Waals surface area contributed by atoms with Gasteiger partial charge in [-0.05, 0) is 29.7 Å². The van der Waals surface area contributed by atoms with Gasteiger partial charge in [0.25, 0.3) is 10.0 Å². The zero-order valence-electron chi connectivity index (χ0n) is 14.7. The van der Waals surface area contributed by atoms with Gasteiger partial charge >= 0.3 is 0 Å². The fourth-order valence-electron chi connectivity index (χ4n) is 3.01. The Morgan fingerprint density at radius 1 is 1.15 bits per heavy atom. The predicted molar refractivity (Wildman–Crippen MR) is 103 cm³/mol. The van der Waals surface area contributed by atoms with E-state index in [-0.39, 0.29) is 16.9 Å². The Morgan fingerprint density at radius 3 is 2.58 bits per heavy atom. The van der Waals surface area contributed by atoms with Crippen LogP contribution in [-0.4, -0.2) is 21.2 Å². The van der Waals surface area contributed by atoms with Crippen molar-refractivity contribution in [1.29, 1.82) is 0 Å². The van der Waals surface area contributed by atoms with E-state index in [9.17, 15) is 8.42 Å². The lowest BCUT2D eigenvalue weighted by Gasteiger charge is -2.15. The molecule has 0 aromatic heterocycles. The second-order valence-electron chi connectivity index (χ2n) is 6.34. The Balaban J connectivity index is 1.65. The molecule has 1 saturated heterocycles. The van der Waals surface area contributed by atoms with Crippen molar-refractivity contribution in [2.24, 2.45) is 11.0 Å². The van der Waals surface area contributed by atoms with E-state index < -0.39 is 10.0 Å². The highest BCUT2D eigenvalue weighted by Crippen LogP contribution is 2.23. The van der Waals surface area contributed by atoms with Crippen molar-refractivity contribution in [3.63, 3.8) is 0 Å². The molecule has 1 aliphatic rings. The van der Waals surface area contributed by atoms with Crippen LogP contribution in [0.2, 0.25) is 0 Å². The summed E-state index contributed by atoms with van der Waals surface area (Å²) in [5, 5.41) is 3.99. The van der Waals surface area contributed by atoms with Crippen LogP contribution in [0.4, 0.5) is 0 Å². The summed E-state index contributed by atoms with van der Waals surface area (Å²) in [7, 11) is -3.65. The van der Waals surface area contributed by atoms with Crippen LogP contribution in [0.1, 0.15) is 30.5 Å². The minimum absolute atomic E-state index is 0.0482. The fraction of sp³-hybridized carbons (Fsp3) is 0.316. The van der Waals surface area contributed by atoms with Crippen molar-refractivity contribution in [2.75, 3.05) is 6.54 Å². The molecule has 2 unspecified atom stereocenters. The van der Waals surface area contributed by atoms with Crippen molar-refractivity contribution in [2.45, 2.75) is 30.7 Å². The summed E-state index contributed by atoms with van der Waals surface area (Å²) >= 11 is 0. The van der Waals surface area contributed by atoms with Gasteiger partial charge in [-0.25, -0.2) is 10.3 Å². The molecule has 26 heavy (non-hydrogen) atoms. The van der Waals surface area contributed by atoms with Gasteiger partial charge in [0.15, 0.2) is 0 Å². The number of nitrogens with zero attached hydrogens (tertiary/aromatic N) is 1. The lowest BCUT2D eigenvalue weighted by molar-refractivity contribution is 0.555. The highest BCUT2D eigenvalue weighted by atomic mass is 32.2. The summed E-state index contributed by atoms with van der Waals surface area (Å²) in [6, 6.07) is 17.0. The van der Waals surface area contributed by atoms with E-state index in [2.05, 4.69) is 27.7 Å². The molecular weight excluding hydrogens is 348 g/mol. The number of rotatable bonds is 7. The third-order valence-electron chi connectivity index (χ3n) is 4.39. The second-order valence-corrected chi connectivity index (χ2v) is 8.01. The molecule has 6 nitrogen and oxygen atoms in total. The summed E-state index contributed by atoms with van der Waals surface area (Å²) in [4.78, 5) is 2.53. The summed E-state index contributed by atoms with van der Waals surface area (Å²) in [5.74, 6) is 0.0482. The van der Waals surface area contributed by atoms with Crippen LogP contribution in [0.15, 0.2) is 64.6 Å². The second kappa shape index (κ2) is 8.44. The maximum atomic E-state index is 12.4. The molecule has 138 valence electrons. The first-order valence-corrected chi connectivity index (χ1v) is 10.3. The third-order valence-corrected chi connectivity index (χ3v) is 5.63. The van der Waals surface area contributed by atoms with Crippen molar-refractivity contribution >= 4 is 16.2 Å². The van der Waals surface area contributed by atoms with Gasteiger partial charge in [0.05, 0.1) is 10.9 Å². The first-order valence-electron chi connectivity index (χ1n) is 8.77. The highest BCUT2D eigenvalue weighted by Gasteiger charge is 2.26. The molecule has 2 atom stereocenters. The smallest absolute Gasteiger partial charge is 0.257 e. The molecule has 0 amide bonds. The van der Waals surface area contributed by atoms with E-state index in [1.807, 2.05) is 42.5 Å². The third kappa shape index (κ3) is 4.49. The average molecular weight is 372 g/mol. The minimum Gasteiger partial charge on any atom is -0.257 e. The number of hydrogen-bond acceptors (Lipinski definition) is 5. The van der Waals surface area contributed by atoms with Crippen molar-refractivity contribution < 1.29 is 8.42 Å². The average Bonchev–Trinajstić information content (AvgIpc) is 3.12. The summed E-state index contributed by atoms with van der Waals surface area (Å²) in [6.07, 6.45) is 3.61. The molecule has 0 spiro atoms. The standard InChI is InChI=1S/C19H24N4O2S/c1-2-6-15-9-11-18(12-10-15)26(24,25)23-21-14-17-13-20-22-19(17)16-7-4-3-5-8-16/h3-5,7-12,14,17,19-20,22-23H,2,6,13H2,1H3/b21-14+. The van der Waals surface area contributed by atoms with Gasteiger partial charge in [0, 0.05) is 18.7 Å². The Kier molecular flexibility index (Phi) is 6.03. The molecule has 3 N–H and O–H groups in total. The monoisotopic (exact) mass is 372 g/mol. The Hall–Kier alpha value is -2.22. The van der Waals surface area contributed by atoms with Crippen LogP contribution < -0.4 is 15.7 Å². The van der Waals surface area contributed by atoms with Crippen LogP contribution in [-0.2, 0) is 16.4 Å². The highest BCUT2D eigenvalue weighted by molar-refractivity contribution is 7.89. The van der Waals surface area contributed by atoms with Crippen LogP contribution in [0.3, 0.4) is 0 Å². The topological polar surface area (TPSA) is 82.6 Å². The van der Waals surface area contributed by atoms with E-state index in [1.165, 1.54) is 0 Å². The molecule has 0 aliphatic carbocycles. The van der Waals surface area contributed by atoms with Gasteiger partial charge in [-0.1, -0.05) is 55.8 Å². The van der Waals surface area contributed by atoms with Crippen LogP contribution >= 0.6 is 0 Å². The minimum atomic E-state index is -3.65. The largest absolute Gasteiger partial charge is 0.276 e. The van der Waals surface area contributed by atoms with E-state index in [1.54, 1.807) is 18.3 Å². The number of hydrogen-bond donors (Lipinski definition) is 3. The summed E-state index contributed by atoms with van der Waals surface area (Å²) in [5.41, 5.74) is 8.56. The Morgan fingerprint density at radius 2 is 1.88 bits per heavy atom. The SMILES string of the molecule is CCCc1ccc(S(=O)(=O)N/N=C/C2CNNC2c2ccccc2)cc1. The van der Waals surface area contributed by atoms with E-state index in [4.69, 9.17) is 0 Å². The Labute approximate surface area is 154 Å². The molecule has 7 heteroatoms. The van der Waals surface area contributed by atoms with Crippen LogP contribution in [0.25, 0.3) is 0 Å². The number of sulfonamides is 1. The van der Waals surface area contributed by atoms with Crippen molar-refractivity contribution in [1.82, 2.24) is 15.7 Å². The fourth-order valence-corrected chi connectivity index (χ4v) is 3.81. The van der Waals surface area contributed by atoms with E-state index in [0.717, 1.165) is 24.0 Å². The number of benzene rings is 2. The maximum Gasteiger partial charge on any atom is 0.276 e. The normalized spacial score (nSPS) is 20.5. The van der Waals surface area contributed by atoms with Crippen molar-refractivity contribution in [3.05, 3.63) is 65.7 Å². The molecule has 0 bridgehead atoms. The zero-order valence-corrected chi connectivity index (χ0v) is 15.5. The molecular formula is C19H24N4O2S. The zero-order chi connectivity index (χ0) is 18.4. The first-order chi connectivity index (χ1) is 12.6. The van der Waals surface area contributed by atoms with Crippen LogP contribution in [0, 0.1) is 5.92 Å². The van der Waals surface area contributed by atoms with Gasteiger partial charge < -0.3 is 0 Å². The van der Waals surface area contributed by atoms with E-state index >= 15 is 0 Å². The van der Waals surface area contributed by atoms with Gasteiger partial charge in [-0.3, -0.25) is 5.43 Å². The molecule has 3 rings (SSSR count). The number of nitrogens with one attached hydrogen (secondary N) is 3. The lowest BCUT2D eigenvalue weighted by Crippen LogP contribution is -2.25. The number of aryl methyl sites for hydroxylation is 1. The van der Waals surface area contributed by atoms with Crippen molar-refractivity contribution in [3.8, 4) is 0 Å². The Bertz CT molecular complexity index is 836. The first kappa shape index (κ1) is 18.6. The number of hydrazone groups is 1. The number of hydrazine groups is 1. The van der Waals surface area contributed by atoms with E-state index in [0.29, 0.717) is 6.54 Å². The van der Waals surface area contributed by atoms with Gasteiger partial charge in [0.2, 0.25) is 0 Å². The molecule has 0 saturated carbocycles. The summed E-state index contributed by atoms with van der Waals surface area (Å²) in [6.45, 7) is 2.77. The molecule has 2 aromatic rings. The maximum absolute atomic E-state index is 12.4. The van der Waals surface area contributed by atoms with Gasteiger partial charge in [-0.2, -0.15) is 13.5 Å². The van der Waals surface area contributed by atoms with Crippen LogP contribution in [0.5, 0.6) is 0 Å². The molecule has 0 radical (unpaired) electrons. The predicted octanol–water partition coefficient (Wildman–Crippen LogP) is 2.37. The van der Waals surface area contributed by atoms with Gasteiger partial charge in [-0.15, -0.1) is 0 Å².